The maximum absolute atomic E-state index is 13.4. The van der Waals surface area contributed by atoms with Gasteiger partial charge in [-0.25, -0.2) is 77.4 Å². The Bertz CT molecular complexity index is 5890. The van der Waals surface area contributed by atoms with Gasteiger partial charge in [0.1, 0.15) is 67.9 Å². The number of imide groups is 1. The first-order chi connectivity index (χ1) is 58.9. The molecule has 2 aliphatic rings. The predicted molar refractivity (Wildman–Crippen MR) is 500 cm³/mol. The molecule has 2 fully saturated rings. The van der Waals surface area contributed by atoms with E-state index in [0.29, 0.717) is 71.1 Å². The summed E-state index contributed by atoms with van der Waals surface area (Å²) in [6.07, 6.45) is -0.564. The molecule has 10 aromatic heterocycles. The average Bonchev–Trinajstić information content (AvgIpc) is 1.11. The number of nitrogens with one attached hydrogen (secondary N) is 4. The van der Waals surface area contributed by atoms with E-state index in [4.69, 9.17) is 147 Å². The molecule has 677 valence electrons. The number of aromatic amines is 1. The third-order valence-electron chi connectivity index (χ3n) is 16.9. The van der Waals surface area contributed by atoms with Crippen molar-refractivity contribution in [2.75, 3.05) is 55.2 Å². The van der Waals surface area contributed by atoms with Gasteiger partial charge in [0.15, 0.2) is 28.6 Å². The number of rotatable bonds is 12. The minimum absolute atomic E-state index is 0.0242. The Morgan fingerprint density at radius 2 is 1.06 bits per heavy atom. The van der Waals surface area contributed by atoms with Crippen molar-refractivity contribution in [1.82, 2.24) is 79.4 Å². The lowest BCUT2D eigenvalue weighted by molar-refractivity contribution is 0.0197. The number of para-hydroxylation sites is 1. The Morgan fingerprint density at radius 3 is 1.55 bits per heavy atom. The molecule has 0 unspecified atom stereocenters. The van der Waals surface area contributed by atoms with Crippen LogP contribution in [-0.4, -0.2) is 179 Å². The van der Waals surface area contributed by atoms with Crippen LogP contribution < -0.4 is 53.9 Å². The molecule has 49 heteroatoms. The number of urea groups is 1. The van der Waals surface area contributed by atoms with E-state index in [1.165, 1.54) is 84.8 Å². The number of halogens is 11. The molecular formula is C77H87BCl10FN20O13S4. The number of aromatic nitrogens is 12. The Hall–Kier alpha value is -8.62. The highest BCUT2D eigenvalue weighted by Gasteiger charge is 2.34. The normalized spacial score (nSPS) is 13.8. The minimum Gasteiger partial charge on any atom is -0.533 e. The molecule has 1 aromatic carbocycles. The highest BCUT2D eigenvalue weighted by atomic mass is 35.5. The molecule has 0 saturated carbocycles. The third kappa shape index (κ3) is 28.7. The number of phenols is 1. The van der Waals surface area contributed by atoms with Crippen LogP contribution >= 0.6 is 161 Å². The number of aromatic hydroxyl groups is 1. The number of fused-ring (bicyclic) bond motifs is 2. The van der Waals surface area contributed by atoms with Crippen molar-refractivity contribution in [3.63, 3.8) is 0 Å². The van der Waals surface area contributed by atoms with E-state index in [9.17, 15) is 42.7 Å². The van der Waals surface area contributed by atoms with Gasteiger partial charge >= 0.3 is 37.3 Å². The van der Waals surface area contributed by atoms with Crippen molar-refractivity contribution in [1.29, 1.82) is 0 Å². The lowest BCUT2D eigenvalue weighted by Crippen LogP contribution is -2.55. The largest absolute Gasteiger partial charge is 0.569 e. The second-order valence-electron chi connectivity index (χ2n) is 30.3. The molecule has 13 rings (SSSR count). The van der Waals surface area contributed by atoms with Crippen LogP contribution in [-0.2, 0) is 9.47 Å². The average molecular weight is 2010 g/mol. The molecule has 6 amide bonds. The van der Waals surface area contributed by atoms with Gasteiger partial charge in [-0.05, 0) is 115 Å². The molecule has 0 spiro atoms. The molecule has 2 aliphatic heterocycles. The highest BCUT2D eigenvalue weighted by Crippen LogP contribution is 2.37. The number of H-pyrrole nitrogens is 1. The first kappa shape index (κ1) is 104. The van der Waals surface area contributed by atoms with Crippen LogP contribution in [0.4, 0.5) is 34.6 Å². The Morgan fingerprint density at radius 1 is 0.595 bits per heavy atom. The third-order valence-corrected chi connectivity index (χ3v) is 23.3. The summed E-state index contributed by atoms with van der Waals surface area (Å²) < 4.78 is 30.5. The van der Waals surface area contributed by atoms with Gasteiger partial charge < -0.3 is 55.7 Å². The molecule has 10 N–H and O–H groups in total. The number of carbonyl (C=O) groups excluding carboxylic acids is 5. The van der Waals surface area contributed by atoms with Crippen molar-refractivity contribution in [3.05, 3.63) is 187 Å². The molecule has 0 aliphatic carbocycles. The smallest absolute Gasteiger partial charge is 0.533 e. The summed E-state index contributed by atoms with van der Waals surface area (Å²) in [6, 6.07) is 8.82. The number of hydrogen-bond acceptors (Lipinski definition) is 29. The standard InChI is InChI=1S/C23H28Cl2N6O3S.C13H11Cl3N4O2S.C13H10Cl2N4O2S.C10H20N2O2.C6H5BFO3.C6H3Cl3N2O.C6H10N2S/c1-12(2)16-20(35-11-26-16)31-19-14(9-15(24)17(25)27-19)18(28-21(31)32)30-8-7-29(10-13(30)3)22(33)34-23(4,5)6;1-5(2)8-12(23-4-17-8)20-13(22)19-11(21)6-3-7(14)10(16)18-9(6)15;1-5(2)8-12(22-4-16-8)19-10-6(11(20)18-13(19)21)3-7(14)9(15)17-10;1-8-7-12(6-5-11-8)9(13)14-10(2,3)4;8-4-2-1-3-5(9)6(4)11-7-10;7-3-1-2(6(10)12)4(8)11-5(3)9;1-4(2)5-6(7)9-3-8-5/h9,11-13H,7-8,10H2,1-6H3;3-5H,1-2H3,(H2,19,20,21,22);3-5H,1-2H3,(H,18,20,21);8,11H,5-7H2,1-4H3;1-3,9-10H;1H,(H2,10,12);3-4H,7H2,1-2H3/t13-;;;8-;;;/m0..0.../s1. The van der Waals surface area contributed by atoms with Gasteiger partial charge in [0.05, 0.1) is 86.8 Å². The number of nitrogen functional groups attached to an aromatic ring is 1. The zero-order valence-electron chi connectivity index (χ0n) is 70.2. The number of piperazine rings is 2. The number of carbonyl (C=O) groups is 5. The number of pyridine rings is 4. The van der Waals surface area contributed by atoms with Gasteiger partial charge in [-0.3, -0.25) is 30.0 Å². The van der Waals surface area contributed by atoms with Gasteiger partial charge in [0.2, 0.25) is 0 Å². The summed E-state index contributed by atoms with van der Waals surface area (Å²) in [5.41, 5.74) is 18.5. The Kier molecular flexibility index (Phi) is 38.6. The van der Waals surface area contributed by atoms with E-state index in [0.717, 1.165) is 53.5 Å². The van der Waals surface area contributed by atoms with Crippen molar-refractivity contribution < 1.29 is 52.6 Å². The van der Waals surface area contributed by atoms with Crippen molar-refractivity contribution in [2.24, 2.45) is 5.73 Å². The van der Waals surface area contributed by atoms with E-state index in [1.807, 2.05) is 94.9 Å². The molecular weight excluding hydrogens is 1930 g/mol. The first-order valence-electron chi connectivity index (χ1n) is 37.7. The molecule has 2 saturated heterocycles. The van der Waals surface area contributed by atoms with Crippen LogP contribution in [0.1, 0.15) is 178 Å². The first-order valence-corrected chi connectivity index (χ1v) is 45.0. The second-order valence-corrected chi connectivity index (χ2v) is 37.5. The highest BCUT2D eigenvalue weighted by molar-refractivity contribution is 7.14. The SMILES string of the molecule is CC(C)c1ncsc1-n1c(=O)[nH]c(=O)c2cc(Cl)c(Cl)nc21.CC(C)c1ncsc1-n1c(=O)nc(N2CCN(C(=O)OC(C)(C)C)C[C@@H]2C)c2cc(Cl)c(Cl)nc21.CC(C)c1ncsc1N.CC(C)c1ncsc1NC(=O)NC(=O)c1cc(Cl)c(Cl)nc1Cl.C[C@H]1CN(C(=O)OC(C)(C)C)CCN1.NC(=O)c1cc(Cl)c(Cl)nc1Cl.O[B]Oc1c(O)cccc1F. The van der Waals surface area contributed by atoms with Gasteiger partial charge in [0.25, 0.3) is 17.4 Å². The van der Waals surface area contributed by atoms with Crippen LogP contribution in [0.15, 0.2) is 78.9 Å². The van der Waals surface area contributed by atoms with Crippen LogP contribution in [0, 0.1) is 5.82 Å². The van der Waals surface area contributed by atoms with Crippen molar-refractivity contribution in [3.8, 4) is 21.5 Å². The summed E-state index contributed by atoms with van der Waals surface area (Å²) in [4.78, 5) is 142. The topological polar surface area (TPSA) is 444 Å². The van der Waals surface area contributed by atoms with E-state index >= 15 is 0 Å². The summed E-state index contributed by atoms with van der Waals surface area (Å²) in [5.74, 6) is -1.63. The molecule has 1 radical (unpaired) electrons. The second kappa shape index (κ2) is 46.6. The summed E-state index contributed by atoms with van der Waals surface area (Å²) in [6.45, 7) is 34.9. The van der Waals surface area contributed by atoms with E-state index in [-0.39, 0.29) is 121 Å². The molecule has 12 heterocycles. The lowest BCUT2D eigenvalue weighted by Gasteiger charge is -2.41. The number of benzene rings is 1. The van der Waals surface area contributed by atoms with Gasteiger partial charge in [-0.15, -0.1) is 45.3 Å². The summed E-state index contributed by atoms with van der Waals surface area (Å²) in [5, 5.41) is 29.1. The fourth-order valence-electron chi connectivity index (χ4n) is 11.3. The Labute approximate surface area is 789 Å². The molecule has 2 atom stereocenters. The number of ether oxygens (including phenoxy) is 2. The monoisotopic (exact) mass is 2010 g/mol. The number of nitrogens with two attached hydrogens (primary N) is 2. The number of anilines is 3. The van der Waals surface area contributed by atoms with E-state index < -0.39 is 51.8 Å². The molecule has 126 heavy (non-hydrogen) atoms. The van der Waals surface area contributed by atoms with E-state index in [2.05, 4.69) is 91.2 Å². The zero-order chi connectivity index (χ0) is 94.0. The molecule has 33 nitrogen and oxygen atoms in total. The van der Waals surface area contributed by atoms with Gasteiger partial charge in [-0.1, -0.05) is 177 Å². The summed E-state index contributed by atoms with van der Waals surface area (Å²) >= 11 is 63.8. The van der Waals surface area contributed by atoms with Crippen molar-refractivity contribution in [2.45, 2.75) is 158 Å². The fraction of sp³-hybridized carbons (Fsp3) is 0.390. The van der Waals surface area contributed by atoms with Crippen LogP contribution in [0.2, 0.25) is 51.0 Å². The molecule has 0 bridgehead atoms. The quantitative estimate of drug-likeness (QED) is 0.0416. The zero-order valence-corrected chi connectivity index (χ0v) is 81.1. The minimum atomic E-state index is -0.742. The van der Waals surface area contributed by atoms with Crippen LogP contribution in [0.3, 0.4) is 0 Å². The fourth-order valence-corrected chi connectivity index (χ4v) is 16.4. The van der Waals surface area contributed by atoms with Gasteiger partial charge in [-0.2, -0.15) is 4.98 Å². The number of nitrogens with zero attached hydrogens (tertiary/aromatic N) is 14. The summed E-state index contributed by atoms with van der Waals surface area (Å²) in [7, 11) is 0.304. The lowest BCUT2D eigenvalue weighted by atomic mass is 10.1. The molecule has 11 aromatic rings. The van der Waals surface area contributed by atoms with Crippen LogP contribution in [0.5, 0.6) is 11.5 Å². The van der Waals surface area contributed by atoms with Crippen LogP contribution in [0.25, 0.3) is 32.1 Å². The number of phenolic OH excluding ortho intramolecular Hbond substituents is 1. The Balaban J connectivity index is 0.000000212. The van der Waals surface area contributed by atoms with E-state index in [1.54, 1.807) is 37.9 Å². The number of amides is 6. The predicted octanol–water partition coefficient (Wildman–Crippen LogP) is 18.3. The van der Waals surface area contributed by atoms with Crippen molar-refractivity contribution >= 4 is 237 Å². The number of primary amides is 1. The maximum Gasteiger partial charge on any atom is 0.569 e. The number of thiazole rings is 4. The van der Waals surface area contributed by atoms with Gasteiger partial charge in [0, 0.05) is 51.4 Å². The maximum atomic E-state index is 13.4. The number of hydrogen-bond donors (Lipinski definition) is 8.